The van der Waals surface area contributed by atoms with Gasteiger partial charge in [-0.05, 0) is 61.4 Å². The molecule has 152 valence electrons. The topological polar surface area (TPSA) is 69.9 Å². The molecule has 3 heterocycles. The van der Waals surface area contributed by atoms with Crippen molar-refractivity contribution in [1.29, 1.82) is 0 Å². The van der Waals surface area contributed by atoms with Gasteiger partial charge in [0.25, 0.3) is 0 Å². The second-order valence-electron chi connectivity index (χ2n) is 6.93. The van der Waals surface area contributed by atoms with E-state index in [1.807, 2.05) is 30.7 Å². The molecule has 0 bridgehead atoms. The zero-order chi connectivity index (χ0) is 21.3. The van der Waals surface area contributed by atoms with Gasteiger partial charge in [0.2, 0.25) is 0 Å². The number of hydrogen-bond acceptors (Lipinski definition) is 5. The number of carbonyl (C=O) groups excluding carboxylic acids is 1. The Morgan fingerprint density at radius 1 is 1.07 bits per heavy atom. The molecule has 0 saturated carbocycles. The van der Waals surface area contributed by atoms with Gasteiger partial charge in [0.1, 0.15) is 23.7 Å². The van der Waals surface area contributed by atoms with Crippen LogP contribution in [0.25, 0.3) is 33.4 Å². The van der Waals surface area contributed by atoms with E-state index in [4.69, 9.17) is 4.74 Å². The van der Waals surface area contributed by atoms with Crippen LogP contribution in [0.15, 0.2) is 48.8 Å². The number of ether oxygens (including phenoxy) is 1. The number of aromatic nitrogens is 4. The molecule has 0 unspecified atom stereocenters. The van der Waals surface area contributed by atoms with E-state index >= 15 is 0 Å². The largest absolute Gasteiger partial charge is 0.466 e. The van der Waals surface area contributed by atoms with Crippen LogP contribution in [-0.4, -0.2) is 32.1 Å². The summed E-state index contributed by atoms with van der Waals surface area (Å²) in [4.78, 5) is 25.3. The number of nitrogens with zero attached hydrogens (tertiary/aromatic N) is 4. The first-order valence-corrected chi connectivity index (χ1v) is 9.67. The summed E-state index contributed by atoms with van der Waals surface area (Å²) in [6.45, 7) is 3.98. The summed E-state index contributed by atoms with van der Waals surface area (Å²) < 4.78 is 20.5. The van der Waals surface area contributed by atoms with E-state index in [1.54, 1.807) is 31.5 Å². The van der Waals surface area contributed by atoms with Gasteiger partial charge in [-0.1, -0.05) is 0 Å². The summed E-state index contributed by atoms with van der Waals surface area (Å²) >= 11 is 0. The molecular weight excluding hydrogens is 383 g/mol. The highest BCUT2D eigenvalue weighted by Gasteiger charge is 2.23. The maximum absolute atomic E-state index is 13.6. The maximum atomic E-state index is 13.6. The van der Waals surface area contributed by atoms with Crippen LogP contribution in [0, 0.1) is 12.7 Å². The molecule has 0 radical (unpaired) electrons. The minimum absolute atomic E-state index is 0.00622. The summed E-state index contributed by atoms with van der Waals surface area (Å²) in [5.74, 6) is -0.250. The Kier molecular flexibility index (Phi) is 5.27. The highest BCUT2D eigenvalue weighted by Crippen LogP contribution is 2.40. The van der Waals surface area contributed by atoms with Gasteiger partial charge in [-0.2, -0.15) is 0 Å². The van der Waals surface area contributed by atoms with Crippen LogP contribution in [0.3, 0.4) is 0 Å². The molecule has 0 aliphatic heterocycles. The predicted molar refractivity (Wildman–Crippen MR) is 112 cm³/mol. The van der Waals surface area contributed by atoms with Crippen molar-refractivity contribution in [2.24, 2.45) is 7.05 Å². The number of halogens is 1. The third kappa shape index (κ3) is 3.54. The van der Waals surface area contributed by atoms with Crippen LogP contribution < -0.4 is 0 Å². The highest BCUT2D eigenvalue weighted by molar-refractivity contribution is 6.04. The fourth-order valence-electron chi connectivity index (χ4n) is 3.71. The molecule has 4 aromatic rings. The third-order valence-corrected chi connectivity index (χ3v) is 4.95. The zero-order valence-corrected chi connectivity index (χ0v) is 17.0. The monoisotopic (exact) mass is 404 g/mol. The van der Waals surface area contributed by atoms with Gasteiger partial charge in [-0.25, -0.2) is 14.4 Å². The molecule has 0 saturated heterocycles. The number of carbonyl (C=O) groups is 1. The van der Waals surface area contributed by atoms with Crippen LogP contribution in [0.4, 0.5) is 4.39 Å². The summed E-state index contributed by atoms with van der Waals surface area (Å²) in [5.41, 5.74) is 5.11. The molecule has 0 spiro atoms. The summed E-state index contributed by atoms with van der Waals surface area (Å²) in [5, 5.41) is 0.885. The summed E-state index contributed by atoms with van der Waals surface area (Å²) in [7, 11) is 1.91. The van der Waals surface area contributed by atoms with E-state index in [-0.39, 0.29) is 18.2 Å². The number of fused-ring (bicyclic) bond motifs is 1. The number of esters is 1. The van der Waals surface area contributed by atoms with Crippen molar-refractivity contribution in [3.63, 3.8) is 0 Å². The minimum atomic E-state index is -0.362. The van der Waals surface area contributed by atoms with Crippen molar-refractivity contribution >= 4 is 17.0 Å². The fourth-order valence-corrected chi connectivity index (χ4v) is 3.71. The summed E-state index contributed by atoms with van der Waals surface area (Å²) in [6.07, 6.45) is 3.47. The molecule has 4 rings (SSSR count). The molecule has 30 heavy (non-hydrogen) atoms. The van der Waals surface area contributed by atoms with Gasteiger partial charge in [-0.3, -0.25) is 9.78 Å². The minimum Gasteiger partial charge on any atom is -0.466 e. The van der Waals surface area contributed by atoms with Crippen molar-refractivity contribution in [1.82, 2.24) is 19.5 Å². The lowest BCUT2D eigenvalue weighted by atomic mass is 9.99. The molecule has 0 atom stereocenters. The van der Waals surface area contributed by atoms with E-state index in [0.717, 1.165) is 33.5 Å². The summed E-state index contributed by atoms with van der Waals surface area (Å²) in [6, 6.07) is 10.2. The number of benzene rings is 1. The lowest BCUT2D eigenvalue weighted by Gasteiger charge is -2.08. The Labute approximate surface area is 173 Å². The van der Waals surface area contributed by atoms with Gasteiger partial charge < -0.3 is 9.30 Å². The molecular formula is C23H21FN4O2. The fraction of sp³-hybridized carbons (Fsp3) is 0.217. The van der Waals surface area contributed by atoms with Crippen molar-refractivity contribution in [3.05, 3.63) is 66.1 Å². The SMILES string of the molecule is CCOC(=O)Cc1nc(C)c2c(-c3ccncc3)c(-c3ccc(F)cc3)n(C)c2n1. The Hall–Kier alpha value is -3.61. The molecule has 0 N–H and O–H groups in total. The maximum Gasteiger partial charge on any atom is 0.313 e. The van der Waals surface area contributed by atoms with E-state index < -0.39 is 0 Å². The predicted octanol–water partition coefficient (Wildman–Crippen LogP) is 4.25. The van der Waals surface area contributed by atoms with Crippen molar-refractivity contribution in [2.45, 2.75) is 20.3 Å². The lowest BCUT2D eigenvalue weighted by Crippen LogP contribution is -2.11. The van der Waals surface area contributed by atoms with Gasteiger partial charge in [0, 0.05) is 30.4 Å². The second-order valence-corrected chi connectivity index (χ2v) is 6.93. The Morgan fingerprint density at radius 2 is 1.77 bits per heavy atom. The number of aryl methyl sites for hydroxylation is 2. The average Bonchev–Trinajstić information content (AvgIpc) is 3.02. The van der Waals surface area contributed by atoms with Gasteiger partial charge in [0.05, 0.1) is 18.0 Å². The van der Waals surface area contributed by atoms with Crippen molar-refractivity contribution in [3.8, 4) is 22.4 Å². The van der Waals surface area contributed by atoms with Crippen molar-refractivity contribution < 1.29 is 13.9 Å². The number of hydrogen-bond donors (Lipinski definition) is 0. The second kappa shape index (κ2) is 8.02. The quantitative estimate of drug-likeness (QED) is 0.465. The molecule has 1 aromatic carbocycles. The normalized spacial score (nSPS) is 11.1. The van der Waals surface area contributed by atoms with Gasteiger partial charge in [-0.15, -0.1) is 0 Å². The van der Waals surface area contributed by atoms with Crippen LogP contribution in [0.2, 0.25) is 0 Å². The van der Waals surface area contributed by atoms with E-state index in [1.165, 1.54) is 12.1 Å². The standard InChI is InChI=1S/C23H21FN4O2/c1-4-30-19(29)13-18-26-14(2)20-21(15-9-11-25-12-10-15)22(28(3)23(20)27-18)16-5-7-17(24)8-6-16/h5-12H,4,13H2,1-3H3. The Morgan fingerprint density at radius 3 is 2.43 bits per heavy atom. The molecule has 3 aromatic heterocycles. The van der Waals surface area contributed by atoms with Gasteiger partial charge >= 0.3 is 5.97 Å². The van der Waals surface area contributed by atoms with E-state index in [9.17, 15) is 9.18 Å². The third-order valence-electron chi connectivity index (χ3n) is 4.95. The Balaban J connectivity index is 1.99. The van der Waals surface area contributed by atoms with Gasteiger partial charge in [0.15, 0.2) is 0 Å². The van der Waals surface area contributed by atoms with E-state index in [0.29, 0.717) is 18.1 Å². The molecule has 6 nitrogen and oxygen atoms in total. The average molecular weight is 404 g/mol. The number of rotatable bonds is 5. The molecule has 0 amide bonds. The van der Waals surface area contributed by atoms with Crippen molar-refractivity contribution in [2.75, 3.05) is 6.61 Å². The van der Waals surface area contributed by atoms with Crippen LogP contribution in [-0.2, 0) is 23.0 Å². The zero-order valence-electron chi connectivity index (χ0n) is 17.0. The van der Waals surface area contributed by atoms with Crippen LogP contribution >= 0.6 is 0 Å². The highest BCUT2D eigenvalue weighted by atomic mass is 19.1. The smallest absolute Gasteiger partial charge is 0.313 e. The molecule has 7 heteroatoms. The van der Waals surface area contributed by atoms with Crippen LogP contribution in [0.5, 0.6) is 0 Å². The Bertz CT molecular complexity index is 1220. The molecule has 0 aliphatic rings. The first-order chi connectivity index (χ1) is 14.5. The van der Waals surface area contributed by atoms with Crippen LogP contribution in [0.1, 0.15) is 18.4 Å². The number of pyridine rings is 1. The van der Waals surface area contributed by atoms with E-state index in [2.05, 4.69) is 15.0 Å². The first kappa shape index (κ1) is 19.7. The molecule has 0 fully saturated rings. The first-order valence-electron chi connectivity index (χ1n) is 9.67. The molecule has 0 aliphatic carbocycles. The lowest BCUT2D eigenvalue weighted by molar-refractivity contribution is -0.142.